The first-order chi connectivity index (χ1) is 3.27. The van der Waals surface area contributed by atoms with Crippen LogP contribution in [-0.4, -0.2) is 12.5 Å². The van der Waals surface area contributed by atoms with Gasteiger partial charge in [-0.1, -0.05) is 0 Å². The molecule has 0 aliphatic carbocycles. The predicted octanol–water partition coefficient (Wildman–Crippen LogP) is -5.41. The third-order valence-corrected chi connectivity index (χ3v) is 0.473. The van der Waals surface area contributed by atoms with E-state index in [-0.39, 0.29) is 42.5 Å². The summed E-state index contributed by atoms with van der Waals surface area (Å²) >= 11 is 0. The molecular formula is C3H7N2NaO2. The van der Waals surface area contributed by atoms with Gasteiger partial charge in [-0.05, 0) is 0 Å². The minimum absolute atomic E-state index is 0. The average Bonchev–Trinajstić information content (AvgIpc) is 1.61. The van der Waals surface area contributed by atoms with Gasteiger partial charge in [-0.25, -0.2) is 0 Å². The van der Waals surface area contributed by atoms with Crippen molar-refractivity contribution in [2.24, 2.45) is 5.84 Å². The number of nitrogens with one attached hydrogen (secondary N) is 1. The van der Waals surface area contributed by atoms with E-state index >= 15 is 0 Å². The second kappa shape index (κ2) is 7.39. The first kappa shape index (κ1) is 11.2. The summed E-state index contributed by atoms with van der Waals surface area (Å²) in [7, 11) is 0. The summed E-state index contributed by atoms with van der Waals surface area (Å²) in [5.41, 5.74) is 2.18. The van der Waals surface area contributed by atoms with Gasteiger partial charge in [0.2, 0.25) is 0 Å². The van der Waals surface area contributed by atoms with Crippen LogP contribution in [0.25, 0.3) is 0 Å². The normalized spacial score (nSPS) is 7.62. The topological polar surface area (TPSA) is 78.2 Å². The zero-order chi connectivity index (χ0) is 5.70. The van der Waals surface area contributed by atoms with E-state index in [0.717, 1.165) is 0 Å². The molecule has 0 aromatic carbocycles. The average molecular weight is 126 g/mol. The molecule has 0 aliphatic heterocycles. The molecule has 0 aromatic heterocycles. The second-order valence-electron chi connectivity index (χ2n) is 1.08. The molecule has 0 saturated carbocycles. The molecule has 0 fully saturated rings. The van der Waals surface area contributed by atoms with Crippen molar-refractivity contribution in [1.29, 1.82) is 0 Å². The minimum Gasteiger partial charge on any atom is -0.550 e. The first-order valence-electron chi connectivity index (χ1n) is 1.90. The molecule has 4 nitrogen and oxygen atoms in total. The third kappa shape index (κ3) is 9.63. The van der Waals surface area contributed by atoms with E-state index in [1.807, 2.05) is 0 Å². The molecular weight excluding hydrogens is 119 g/mol. The van der Waals surface area contributed by atoms with Crippen LogP contribution >= 0.6 is 0 Å². The van der Waals surface area contributed by atoms with Crippen molar-refractivity contribution in [3.05, 3.63) is 0 Å². The maximum Gasteiger partial charge on any atom is 1.00 e. The van der Waals surface area contributed by atoms with Crippen LogP contribution in [0.5, 0.6) is 0 Å². The fourth-order valence-corrected chi connectivity index (χ4v) is 0.174. The molecule has 0 rings (SSSR count). The summed E-state index contributed by atoms with van der Waals surface area (Å²) in [6, 6.07) is 0. The molecule has 5 heteroatoms. The Morgan fingerprint density at radius 3 is 2.38 bits per heavy atom. The van der Waals surface area contributed by atoms with Gasteiger partial charge in [0.25, 0.3) is 0 Å². The zero-order valence-electron chi connectivity index (χ0n) is 4.81. The van der Waals surface area contributed by atoms with Crippen molar-refractivity contribution in [1.82, 2.24) is 5.43 Å². The molecule has 0 atom stereocenters. The van der Waals surface area contributed by atoms with E-state index in [1.165, 1.54) is 0 Å². The molecule has 0 heterocycles. The van der Waals surface area contributed by atoms with Crippen molar-refractivity contribution in [3.63, 3.8) is 0 Å². The summed E-state index contributed by atoms with van der Waals surface area (Å²) in [5, 5.41) is 9.55. The predicted molar refractivity (Wildman–Crippen MR) is 21.8 cm³/mol. The van der Waals surface area contributed by atoms with Crippen LogP contribution in [0.15, 0.2) is 0 Å². The number of carboxylic acid groups (broad SMARTS) is 1. The number of carboxylic acids is 1. The van der Waals surface area contributed by atoms with Crippen LogP contribution < -0.4 is 45.9 Å². The van der Waals surface area contributed by atoms with Crippen molar-refractivity contribution in [3.8, 4) is 0 Å². The number of carbonyl (C=O) groups is 1. The smallest absolute Gasteiger partial charge is 0.550 e. The van der Waals surface area contributed by atoms with Gasteiger partial charge < -0.3 is 9.90 Å². The van der Waals surface area contributed by atoms with Crippen molar-refractivity contribution < 1.29 is 39.5 Å². The third-order valence-electron chi connectivity index (χ3n) is 0.473. The SMILES string of the molecule is NNCCC(=O)[O-].[Na+]. The molecule has 0 spiro atoms. The van der Waals surface area contributed by atoms with Crippen molar-refractivity contribution in [2.75, 3.05) is 6.54 Å². The Bertz CT molecular complexity index is 68.3. The minimum atomic E-state index is -1.09. The van der Waals surface area contributed by atoms with Gasteiger partial charge >= 0.3 is 29.6 Å². The summed E-state index contributed by atoms with van der Waals surface area (Å²) in [6.45, 7) is 0.266. The summed E-state index contributed by atoms with van der Waals surface area (Å²) in [6.07, 6.45) is -0.0312. The number of nitrogens with two attached hydrogens (primary N) is 1. The number of rotatable bonds is 3. The molecule has 0 bridgehead atoms. The van der Waals surface area contributed by atoms with Crippen LogP contribution in [0.4, 0.5) is 0 Å². The summed E-state index contributed by atoms with van der Waals surface area (Å²) in [4.78, 5) is 9.55. The number of hydrazine groups is 1. The van der Waals surface area contributed by atoms with Crippen LogP contribution in [0, 0.1) is 0 Å². The number of carbonyl (C=O) groups excluding carboxylic acids is 1. The van der Waals surface area contributed by atoms with Gasteiger partial charge in [0.1, 0.15) is 0 Å². The van der Waals surface area contributed by atoms with Gasteiger partial charge in [-0.2, -0.15) is 0 Å². The van der Waals surface area contributed by atoms with Crippen molar-refractivity contribution >= 4 is 5.97 Å². The van der Waals surface area contributed by atoms with Crippen LogP contribution in [0.1, 0.15) is 6.42 Å². The number of aliphatic carboxylic acids is 1. The molecule has 0 aliphatic rings. The van der Waals surface area contributed by atoms with Gasteiger partial charge in [0, 0.05) is 18.9 Å². The van der Waals surface area contributed by atoms with Gasteiger partial charge in [-0.15, -0.1) is 0 Å². The molecule has 0 radical (unpaired) electrons. The molecule has 42 valence electrons. The molecule has 0 amide bonds. The Labute approximate surface area is 69.7 Å². The van der Waals surface area contributed by atoms with E-state index in [4.69, 9.17) is 5.84 Å². The first-order valence-corrected chi connectivity index (χ1v) is 1.90. The maximum atomic E-state index is 9.55. The van der Waals surface area contributed by atoms with Crippen LogP contribution in [0.2, 0.25) is 0 Å². The van der Waals surface area contributed by atoms with Gasteiger partial charge in [0.05, 0.1) is 0 Å². The molecule has 0 saturated heterocycles. The maximum absolute atomic E-state index is 9.55. The van der Waals surface area contributed by atoms with Gasteiger partial charge in [-0.3, -0.25) is 11.3 Å². The fourth-order valence-electron chi connectivity index (χ4n) is 0.174. The van der Waals surface area contributed by atoms with Crippen LogP contribution in [0.3, 0.4) is 0 Å². The largest absolute Gasteiger partial charge is 1.00 e. The monoisotopic (exact) mass is 126 g/mol. The molecule has 0 aromatic rings. The van der Waals surface area contributed by atoms with E-state index < -0.39 is 5.97 Å². The zero-order valence-corrected chi connectivity index (χ0v) is 6.81. The van der Waals surface area contributed by atoms with Crippen LogP contribution in [-0.2, 0) is 4.79 Å². The van der Waals surface area contributed by atoms with Gasteiger partial charge in [0.15, 0.2) is 0 Å². The van der Waals surface area contributed by atoms with E-state index in [0.29, 0.717) is 0 Å². The molecule has 8 heavy (non-hydrogen) atoms. The summed E-state index contributed by atoms with van der Waals surface area (Å²) in [5.74, 6) is 3.65. The quantitative estimate of drug-likeness (QED) is 0.225. The number of hydrogen-bond acceptors (Lipinski definition) is 4. The molecule has 0 unspecified atom stereocenters. The Balaban J connectivity index is 0. The Kier molecular flexibility index (Phi) is 10.4. The fraction of sp³-hybridized carbons (Fsp3) is 0.667. The standard InChI is InChI=1S/C3H8N2O2.Na/c4-5-2-1-3(6)7;/h5H,1-2,4H2,(H,6,7);/q;+1/p-1. The Hall–Kier alpha value is 0.390. The summed E-state index contributed by atoms with van der Waals surface area (Å²) < 4.78 is 0. The Morgan fingerprint density at radius 1 is 1.75 bits per heavy atom. The molecule has 3 N–H and O–H groups in total. The van der Waals surface area contributed by atoms with E-state index in [9.17, 15) is 9.90 Å². The Morgan fingerprint density at radius 2 is 2.25 bits per heavy atom. The van der Waals surface area contributed by atoms with E-state index in [2.05, 4.69) is 5.43 Å². The van der Waals surface area contributed by atoms with E-state index in [1.54, 1.807) is 0 Å². The number of hydrogen-bond donors (Lipinski definition) is 2. The van der Waals surface area contributed by atoms with Crippen molar-refractivity contribution in [2.45, 2.75) is 6.42 Å². The second-order valence-corrected chi connectivity index (χ2v) is 1.08.